The first kappa shape index (κ1) is 16.6. The fourth-order valence-corrected chi connectivity index (χ4v) is 5.00. The molecule has 0 unspecified atom stereocenters. The Hall–Kier alpha value is -0.473. The summed E-state index contributed by atoms with van der Waals surface area (Å²) in [7, 11) is -1.21. The van der Waals surface area contributed by atoms with Gasteiger partial charge in [-0.2, -0.15) is 0 Å². The molecule has 0 radical (unpaired) electrons. The Morgan fingerprint density at radius 2 is 1.74 bits per heavy atom. The Morgan fingerprint density at radius 1 is 1.05 bits per heavy atom. The average Bonchev–Trinajstić information content (AvgIpc) is 2.37. The van der Waals surface area contributed by atoms with Crippen LogP contribution in [0.4, 0.5) is 0 Å². The molecule has 0 aliphatic carbocycles. The van der Waals surface area contributed by atoms with Crippen molar-refractivity contribution >= 4 is 19.8 Å². The van der Waals surface area contributed by atoms with Crippen LogP contribution in [0.3, 0.4) is 0 Å². The number of allylic oxidation sites excluding steroid dienone is 1. The third-order valence-electron chi connectivity index (χ3n) is 3.10. The maximum Gasteiger partial charge on any atom is 0.0857 e. The molecule has 0 N–H and O–H groups in total. The smallest absolute Gasteiger partial charge is 0.0857 e. The fraction of sp³-hybridized carbons (Fsp3) is 0.529. The van der Waals surface area contributed by atoms with Gasteiger partial charge in [0.25, 0.3) is 0 Å². The van der Waals surface area contributed by atoms with Crippen LogP contribution in [0, 0.1) is 0 Å². The molecule has 0 heterocycles. The van der Waals surface area contributed by atoms with Crippen LogP contribution in [0.5, 0.6) is 0 Å². The van der Waals surface area contributed by atoms with Crippen LogP contribution in [-0.4, -0.2) is 8.07 Å². The standard InChI is InChI=1S/C17H28SSi/c1-5-6-7-8-12-15-17(19(2,3)4)18-16-13-10-9-11-14-16/h9-11,13-15H,5-8,12H2,1-4H3/b17-15-. The Bertz CT molecular complexity index is 376. The number of hydrogen-bond donors (Lipinski definition) is 0. The molecule has 0 aliphatic rings. The number of thioether (sulfide) groups is 1. The minimum atomic E-state index is -1.21. The van der Waals surface area contributed by atoms with Gasteiger partial charge in [-0.05, 0) is 29.5 Å². The van der Waals surface area contributed by atoms with Crippen LogP contribution < -0.4 is 0 Å². The lowest BCUT2D eigenvalue weighted by Crippen LogP contribution is -2.22. The summed E-state index contributed by atoms with van der Waals surface area (Å²) in [6.45, 7) is 9.61. The number of rotatable bonds is 8. The molecule has 19 heavy (non-hydrogen) atoms. The van der Waals surface area contributed by atoms with E-state index in [1.54, 1.807) is 4.53 Å². The number of hydrogen-bond acceptors (Lipinski definition) is 1. The molecule has 0 aliphatic heterocycles. The Kier molecular flexibility index (Phi) is 7.55. The molecule has 0 amide bonds. The minimum Gasteiger partial charge on any atom is -0.0995 e. The van der Waals surface area contributed by atoms with Gasteiger partial charge in [0.05, 0.1) is 8.07 Å². The van der Waals surface area contributed by atoms with Gasteiger partial charge < -0.3 is 0 Å². The van der Waals surface area contributed by atoms with Crippen LogP contribution in [0.2, 0.25) is 19.6 Å². The van der Waals surface area contributed by atoms with E-state index >= 15 is 0 Å². The summed E-state index contributed by atoms with van der Waals surface area (Å²) in [5, 5.41) is 0. The third kappa shape index (κ3) is 7.02. The van der Waals surface area contributed by atoms with Crippen LogP contribution in [0.1, 0.15) is 39.0 Å². The molecule has 2 heteroatoms. The maximum atomic E-state index is 2.51. The summed E-state index contributed by atoms with van der Waals surface area (Å²) in [6, 6.07) is 10.8. The van der Waals surface area contributed by atoms with Crippen molar-refractivity contribution in [3.8, 4) is 0 Å². The molecule has 0 fully saturated rings. The zero-order valence-corrected chi connectivity index (χ0v) is 14.7. The van der Waals surface area contributed by atoms with Crippen molar-refractivity contribution in [3.05, 3.63) is 40.9 Å². The third-order valence-corrected chi connectivity index (χ3v) is 7.82. The quantitative estimate of drug-likeness (QED) is 0.299. The van der Waals surface area contributed by atoms with Gasteiger partial charge in [-0.15, -0.1) is 0 Å². The van der Waals surface area contributed by atoms with Crippen molar-refractivity contribution in [2.75, 3.05) is 0 Å². The van der Waals surface area contributed by atoms with E-state index in [1.165, 1.54) is 37.0 Å². The number of benzene rings is 1. The zero-order valence-electron chi connectivity index (χ0n) is 12.9. The van der Waals surface area contributed by atoms with Gasteiger partial charge in [0, 0.05) is 4.90 Å². The van der Waals surface area contributed by atoms with E-state index in [-0.39, 0.29) is 0 Å². The van der Waals surface area contributed by atoms with Crippen molar-refractivity contribution in [1.29, 1.82) is 0 Å². The van der Waals surface area contributed by atoms with Crippen molar-refractivity contribution in [2.45, 2.75) is 63.6 Å². The van der Waals surface area contributed by atoms with Gasteiger partial charge in [0.15, 0.2) is 0 Å². The van der Waals surface area contributed by atoms with E-state index in [9.17, 15) is 0 Å². The summed E-state index contributed by atoms with van der Waals surface area (Å²) in [5.74, 6) is 0. The largest absolute Gasteiger partial charge is 0.0995 e. The molecule has 0 saturated carbocycles. The Morgan fingerprint density at radius 3 is 2.32 bits per heavy atom. The second-order valence-electron chi connectivity index (χ2n) is 6.08. The molecule has 1 aromatic carbocycles. The lowest BCUT2D eigenvalue weighted by molar-refractivity contribution is 0.674. The van der Waals surface area contributed by atoms with Crippen molar-refractivity contribution in [2.24, 2.45) is 0 Å². The van der Waals surface area contributed by atoms with Gasteiger partial charge in [-0.1, -0.05) is 81.9 Å². The summed E-state index contributed by atoms with van der Waals surface area (Å²) < 4.78 is 1.63. The molecule has 106 valence electrons. The van der Waals surface area contributed by atoms with E-state index in [0.717, 1.165) is 0 Å². The maximum absolute atomic E-state index is 2.51. The predicted octanol–water partition coefficient (Wildman–Crippen LogP) is 6.51. The molecule has 0 bridgehead atoms. The first-order valence-corrected chi connectivity index (χ1v) is 11.8. The predicted molar refractivity (Wildman–Crippen MR) is 92.5 cm³/mol. The van der Waals surface area contributed by atoms with Crippen molar-refractivity contribution in [3.63, 3.8) is 0 Å². The molecule has 0 spiro atoms. The number of unbranched alkanes of at least 4 members (excludes halogenated alkanes) is 4. The molecule has 0 atom stereocenters. The van der Waals surface area contributed by atoms with E-state index in [4.69, 9.17) is 0 Å². The topological polar surface area (TPSA) is 0 Å². The Labute approximate surface area is 124 Å². The summed E-state index contributed by atoms with van der Waals surface area (Å²) >= 11 is 1.98. The summed E-state index contributed by atoms with van der Waals surface area (Å²) in [5.41, 5.74) is 0. The van der Waals surface area contributed by atoms with E-state index in [0.29, 0.717) is 0 Å². The van der Waals surface area contributed by atoms with Gasteiger partial charge in [-0.25, -0.2) is 0 Å². The van der Waals surface area contributed by atoms with Gasteiger partial charge in [0.1, 0.15) is 0 Å². The monoisotopic (exact) mass is 292 g/mol. The highest BCUT2D eigenvalue weighted by atomic mass is 32.2. The molecule has 0 nitrogen and oxygen atoms in total. The van der Waals surface area contributed by atoms with Crippen LogP contribution in [0.15, 0.2) is 45.8 Å². The first-order chi connectivity index (χ1) is 9.04. The minimum absolute atomic E-state index is 1.21. The van der Waals surface area contributed by atoms with Gasteiger partial charge in [0.2, 0.25) is 0 Å². The molecular weight excluding hydrogens is 264 g/mol. The highest BCUT2D eigenvalue weighted by Gasteiger charge is 2.20. The first-order valence-electron chi connectivity index (χ1n) is 7.47. The van der Waals surface area contributed by atoms with E-state index in [2.05, 4.69) is 63.0 Å². The van der Waals surface area contributed by atoms with Crippen LogP contribution in [-0.2, 0) is 0 Å². The van der Waals surface area contributed by atoms with Crippen LogP contribution in [0.25, 0.3) is 0 Å². The summed E-state index contributed by atoms with van der Waals surface area (Å²) in [6.07, 6.45) is 9.18. The molecule has 0 saturated heterocycles. The molecule has 1 aromatic rings. The van der Waals surface area contributed by atoms with Gasteiger partial charge >= 0.3 is 0 Å². The highest BCUT2D eigenvalue weighted by molar-refractivity contribution is 8.05. The average molecular weight is 293 g/mol. The SMILES string of the molecule is CCCCCC/C=C(/Sc1ccccc1)[Si](C)(C)C. The zero-order chi connectivity index (χ0) is 14.1. The molecule has 1 rings (SSSR count). The van der Waals surface area contributed by atoms with Gasteiger partial charge in [-0.3, -0.25) is 0 Å². The van der Waals surface area contributed by atoms with Crippen molar-refractivity contribution in [1.82, 2.24) is 0 Å². The van der Waals surface area contributed by atoms with Crippen molar-refractivity contribution < 1.29 is 0 Å². The second-order valence-corrected chi connectivity index (χ2v) is 12.6. The normalized spacial score (nSPS) is 12.7. The second kappa shape index (κ2) is 8.65. The van der Waals surface area contributed by atoms with E-state index in [1.807, 2.05) is 11.8 Å². The fourth-order valence-electron chi connectivity index (χ4n) is 1.92. The molecule has 0 aromatic heterocycles. The molecular formula is C17H28SSi. The Balaban J connectivity index is 2.60. The van der Waals surface area contributed by atoms with E-state index < -0.39 is 8.07 Å². The van der Waals surface area contributed by atoms with Crippen LogP contribution >= 0.6 is 11.8 Å². The lowest BCUT2D eigenvalue weighted by Gasteiger charge is -2.20. The lowest BCUT2D eigenvalue weighted by atomic mass is 10.2. The summed E-state index contributed by atoms with van der Waals surface area (Å²) in [4.78, 5) is 1.38. The highest BCUT2D eigenvalue weighted by Crippen LogP contribution is 2.33.